The number of ether oxygens (including phenoxy) is 1. The van der Waals surface area contributed by atoms with E-state index in [-0.39, 0.29) is 6.61 Å². The first-order valence-electron chi connectivity index (χ1n) is 8.26. The van der Waals surface area contributed by atoms with Crippen LogP contribution in [0, 0.1) is 0 Å². The zero-order chi connectivity index (χ0) is 14.7. The highest BCUT2D eigenvalue weighted by Gasteiger charge is 2.28. The molecule has 1 aromatic rings. The molecule has 0 amide bonds. The van der Waals surface area contributed by atoms with E-state index in [2.05, 4.69) is 10.4 Å². The molecule has 0 saturated heterocycles. The van der Waals surface area contributed by atoms with Crippen molar-refractivity contribution >= 4 is 0 Å². The molecular weight excluding hydrogens is 266 g/mol. The van der Waals surface area contributed by atoms with Crippen LogP contribution in [0.4, 0.5) is 0 Å². The van der Waals surface area contributed by atoms with Gasteiger partial charge in [-0.1, -0.05) is 0 Å². The molecule has 5 nitrogen and oxygen atoms in total. The van der Waals surface area contributed by atoms with E-state index in [1.807, 2.05) is 18.0 Å². The van der Waals surface area contributed by atoms with Crippen molar-refractivity contribution in [3.05, 3.63) is 17.5 Å². The Bertz CT molecular complexity index is 452. The average molecular weight is 293 g/mol. The summed E-state index contributed by atoms with van der Waals surface area (Å²) in [6.07, 6.45) is 10.7. The Kier molecular flexibility index (Phi) is 4.93. The molecule has 2 aliphatic carbocycles. The van der Waals surface area contributed by atoms with Gasteiger partial charge in [0.25, 0.3) is 0 Å². The molecule has 1 saturated carbocycles. The molecule has 0 bridgehead atoms. The molecule has 5 heteroatoms. The maximum atomic E-state index is 9.13. The molecule has 0 spiro atoms. The molecule has 1 atom stereocenters. The summed E-state index contributed by atoms with van der Waals surface area (Å²) in [5.74, 6) is 0. The van der Waals surface area contributed by atoms with Crippen molar-refractivity contribution in [2.24, 2.45) is 0 Å². The van der Waals surface area contributed by atoms with E-state index in [1.165, 1.54) is 36.9 Å². The van der Waals surface area contributed by atoms with Gasteiger partial charge in [-0.15, -0.1) is 0 Å². The van der Waals surface area contributed by atoms with Crippen LogP contribution in [0.15, 0.2) is 6.20 Å². The Hall–Kier alpha value is -0.910. The van der Waals surface area contributed by atoms with E-state index < -0.39 is 0 Å². The lowest BCUT2D eigenvalue weighted by Crippen LogP contribution is -2.38. The lowest BCUT2D eigenvalue weighted by molar-refractivity contribution is 0.0608. The zero-order valence-electron chi connectivity index (χ0n) is 12.9. The number of hydrogen-bond donors (Lipinski definition) is 2. The third-order valence-electron chi connectivity index (χ3n) is 5.02. The summed E-state index contributed by atoms with van der Waals surface area (Å²) in [6.45, 7) is 0.772. The van der Waals surface area contributed by atoms with Gasteiger partial charge >= 0.3 is 0 Å². The van der Waals surface area contributed by atoms with E-state index in [0.29, 0.717) is 24.7 Å². The summed E-state index contributed by atoms with van der Waals surface area (Å²) in [5.41, 5.74) is 2.67. The van der Waals surface area contributed by atoms with Crippen molar-refractivity contribution in [1.29, 1.82) is 0 Å². The highest BCUT2D eigenvalue weighted by Crippen LogP contribution is 2.32. The number of aliphatic hydroxyl groups excluding tert-OH is 1. The molecule has 1 aromatic heterocycles. The van der Waals surface area contributed by atoms with Crippen molar-refractivity contribution < 1.29 is 9.84 Å². The fraction of sp³-hybridized carbons (Fsp3) is 0.812. The summed E-state index contributed by atoms with van der Waals surface area (Å²) >= 11 is 0. The molecule has 1 unspecified atom stereocenters. The first-order chi connectivity index (χ1) is 10.3. The number of fused-ring (bicyclic) bond motifs is 1. The maximum Gasteiger partial charge on any atom is 0.0644 e. The Labute approximate surface area is 126 Å². The van der Waals surface area contributed by atoms with E-state index >= 15 is 0 Å². The molecule has 2 N–H and O–H groups in total. The van der Waals surface area contributed by atoms with Gasteiger partial charge in [0.2, 0.25) is 0 Å². The molecule has 1 heterocycles. The van der Waals surface area contributed by atoms with Crippen LogP contribution in [0.1, 0.15) is 55.8 Å². The van der Waals surface area contributed by atoms with Gasteiger partial charge in [-0.3, -0.25) is 4.68 Å². The fourth-order valence-corrected chi connectivity index (χ4v) is 3.83. The smallest absolute Gasteiger partial charge is 0.0644 e. The molecule has 0 aromatic carbocycles. The lowest BCUT2D eigenvalue weighted by Gasteiger charge is -2.33. The summed E-state index contributed by atoms with van der Waals surface area (Å²) < 4.78 is 7.43. The SMILES string of the molecule is COC1CCC(NC2CCCc3c2cnn3CCO)CC1. The summed E-state index contributed by atoms with van der Waals surface area (Å²) in [5, 5.41) is 17.4. The van der Waals surface area contributed by atoms with Gasteiger partial charge in [0.15, 0.2) is 0 Å². The summed E-state index contributed by atoms with van der Waals surface area (Å²) in [4.78, 5) is 0. The Morgan fingerprint density at radius 1 is 1.33 bits per heavy atom. The Morgan fingerprint density at radius 3 is 2.86 bits per heavy atom. The van der Waals surface area contributed by atoms with Crippen LogP contribution in [0.3, 0.4) is 0 Å². The van der Waals surface area contributed by atoms with E-state index in [4.69, 9.17) is 9.84 Å². The summed E-state index contributed by atoms with van der Waals surface area (Å²) in [6, 6.07) is 1.04. The minimum Gasteiger partial charge on any atom is -0.394 e. The standard InChI is InChI=1S/C16H27N3O2/c1-21-13-7-5-12(6-8-13)18-15-3-2-4-16-14(15)11-17-19(16)9-10-20/h11-13,15,18,20H,2-10H2,1H3. The monoisotopic (exact) mass is 293 g/mol. The number of rotatable bonds is 5. The molecular formula is C16H27N3O2. The first kappa shape index (κ1) is 15.0. The van der Waals surface area contributed by atoms with Crippen molar-refractivity contribution in [2.75, 3.05) is 13.7 Å². The van der Waals surface area contributed by atoms with Crippen LogP contribution in [-0.4, -0.2) is 40.7 Å². The first-order valence-corrected chi connectivity index (χ1v) is 8.26. The minimum atomic E-state index is 0.160. The quantitative estimate of drug-likeness (QED) is 0.869. The van der Waals surface area contributed by atoms with Gasteiger partial charge in [-0.25, -0.2) is 0 Å². The predicted octanol–water partition coefficient (Wildman–Crippen LogP) is 1.80. The second-order valence-corrected chi connectivity index (χ2v) is 6.31. The number of nitrogens with zero attached hydrogens (tertiary/aromatic N) is 2. The lowest BCUT2D eigenvalue weighted by atomic mass is 9.88. The van der Waals surface area contributed by atoms with Crippen LogP contribution in [0.2, 0.25) is 0 Å². The normalized spacial score (nSPS) is 29.3. The number of aliphatic hydroxyl groups is 1. The number of methoxy groups -OCH3 is 1. The number of aromatic nitrogens is 2. The van der Waals surface area contributed by atoms with Crippen molar-refractivity contribution in [2.45, 2.75) is 69.7 Å². The highest BCUT2D eigenvalue weighted by atomic mass is 16.5. The van der Waals surface area contributed by atoms with Crippen LogP contribution < -0.4 is 5.32 Å². The number of hydrogen-bond acceptors (Lipinski definition) is 4. The van der Waals surface area contributed by atoms with Gasteiger partial charge in [0.05, 0.1) is 25.5 Å². The van der Waals surface area contributed by atoms with Crippen LogP contribution in [0.5, 0.6) is 0 Å². The zero-order valence-corrected chi connectivity index (χ0v) is 12.9. The number of nitrogens with one attached hydrogen (secondary N) is 1. The van der Waals surface area contributed by atoms with Gasteiger partial charge in [-0.2, -0.15) is 5.10 Å². The van der Waals surface area contributed by atoms with Gasteiger partial charge in [0, 0.05) is 30.5 Å². The molecule has 0 radical (unpaired) electrons. The van der Waals surface area contributed by atoms with Gasteiger partial charge in [-0.05, 0) is 44.9 Å². The average Bonchev–Trinajstić information content (AvgIpc) is 2.93. The second kappa shape index (κ2) is 6.90. The maximum absolute atomic E-state index is 9.13. The second-order valence-electron chi connectivity index (χ2n) is 6.31. The van der Waals surface area contributed by atoms with Crippen molar-refractivity contribution in [1.82, 2.24) is 15.1 Å². The van der Waals surface area contributed by atoms with E-state index in [1.54, 1.807) is 0 Å². The fourth-order valence-electron chi connectivity index (χ4n) is 3.83. The largest absolute Gasteiger partial charge is 0.394 e. The molecule has 0 aliphatic heterocycles. The van der Waals surface area contributed by atoms with E-state index in [0.717, 1.165) is 19.3 Å². The Balaban J connectivity index is 1.63. The van der Waals surface area contributed by atoms with Crippen LogP contribution in [0.25, 0.3) is 0 Å². The van der Waals surface area contributed by atoms with Crippen molar-refractivity contribution in [3.63, 3.8) is 0 Å². The van der Waals surface area contributed by atoms with Crippen LogP contribution in [-0.2, 0) is 17.7 Å². The Morgan fingerprint density at radius 2 is 2.14 bits per heavy atom. The molecule has 1 fully saturated rings. The molecule has 21 heavy (non-hydrogen) atoms. The van der Waals surface area contributed by atoms with Crippen molar-refractivity contribution in [3.8, 4) is 0 Å². The minimum absolute atomic E-state index is 0.160. The highest BCUT2D eigenvalue weighted by molar-refractivity contribution is 5.25. The van der Waals surface area contributed by atoms with Gasteiger partial charge < -0.3 is 15.2 Å². The van der Waals surface area contributed by atoms with Crippen LogP contribution >= 0.6 is 0 Å². The molecule has 118 valence electrons. The third kappa shape index (κ3) is 3.30. The molecule has 3 rings (SSSR count). The third-order valence-corrected chi connectivity index (χ3v) is 5.02. The topological polar surface area (TPSA) is 59.3 Å². The van der Waals surface area contributed by atoms with E-state index in [9.17, 15) is 0 Å². The summed E-state index contributed by atoms with van der Waals surface area (Å²) in [7, 11) is 1.82. The predicted molar refractivity (Wildman–Crippen MR) is 81.2 cm³/mol. The molecule has 2 aliphatic rings. The van der Waals surface area contributed by atoms with Gasteiger partial charge in [0.1, 0.15) is 0 Å².